The summed E-state index contributed by atoms with van der Waals surface area (Å²) < 4.78 is 10.4. The highest BCUT2D eigenvalue weighted by Gasteiger charge is 2.17. The number of ether oxygens (including phenoxy) is 2. The zero-order valence-electron chi connectivity index (χ0n) is 9.69. The molecule has 17 heavy (non-hydrogen) atoms. The van der Waals surface area contributed by atoms with E-state index in [9.17, 15) is 4.79 Å². The van der Waals surface area contributed by atoms with Crippen molar-refractivity contribution in [2.45, 2.75) is 6.04 Å². The molecule has 0 bridgehead atoms. The van der Waals surface area contributed by atoms with Crippen molar-refractivity contribution in [1.29, 1.82) is 0 Å². The number of thiophene rings is 1. The minimum atomic E-state index is -0.0933. The van der Waals surface area contributed by atoms with E-state index in [-0.39, 0.29) is 11.9 Å². The molecule has 1 unspecified atom stereocenters. The van der Waals surface area contributed by atoms with Crippen molar-refractivity contribution in [3.8, 4) is 5.75 Å². The van der Waals surface area contributed by atoms with Crippen LogP contribution in [0.1, 0.15) is 9.67 Å². The highest BCUT2D eigenvalue weighted by molar-refractivity contribution is 7.12. The van der Waals surface area contributed by atoms with E-state index in [4.69, 9.17) is 9.47 Å². The molecule has 1 atom stereocenters. The summed E-state index contributed by atoms with van der Waals surface area (Å²) in [5, 5.41) is 8.00. The predicted octanol–water partition coefficient (Wildman–Crippen LogP) is 0.475. The fraction of sp³-hybridized carbons (Fsp3) is 0.545. The molecule has 1 aromatic rings. The van der Waals surface area contributed by atoms with Gasteiger partial charge in [0.1, 0.15) is 10.6 Å². The molecule has 2 rings (SSSR count). The number of hydrogen-bond acceptors (Lipinski definition) is 5. The largest absolute Gasteiger partial charge is 0.495 e. The second-order valence-electron chi connectivity index (χ2n) is 3.75. The lowest BCUT2D eigenvalue weighted by Crippen LogP contribution is -2.48. The Morgan fingerprint density at radius 2 is 2.65 bits per heavy atom. The number of hydrogen-bond donors (Lipinski definition) is 2. The van der Waals surface area contributed by atoms with Gasteiger partial charge in [-0.3, -0.25) is 4.79 Å². The van der Waals surface area contributed by atoms with Gasteiger partial charge in [0.25, 0.3) is 5.91 Å². The second-order valence-corrected chi connectivity index (χ2v) is 4.67. The summed E-state index contributed by atoms with van der Waals surface area (Å²) in [6.07, 6.45) is 0. The highest BCUT2D eigenvalue weighted by atomic mass is 32.1. The van der Waals surface area contributed by atoms with Crippen LogP contribution >= 0.6 is 11.3 Å². The lowest BCUT2D eigenvalue weighted by Gasteiger charge is -2.23. The number of nitrogens with one attached hydrogen (secondary N) is 2. The van der Waals surface area contributed by atoms with Crippen LogP contribution in [-0.4, -0.2) is 45.4 Å². The van der Waals surface area contributed by atoms with Crippen molar-refractivity contribution in [3.63, 3.8) is 0 Å². The topological polar surface area (TPSA) is 59.6 Å². The molecule has 1 aromatic heterocycles. The van der Waals surface area contributed by atoms with Crippen LogP contribution in [0.25, 0.3) is 0 Å². The van der Waals surface area contributed by atoms with Gasteiger partial charge in [0.15, 0.2) is 0 Å². The monoisotopic (exact) mass is 256 g/mol. The first-order valence-corrected chi connectivity index (χ1v) is 6.40. The van der Waals surface area contributed by atoms with Crippen molar-refractivity contribution in [2.24, 2.45) is 0 Å². The van der Waals surface area contributed by atoms with Gasteiger partial charge in [0, 0.05) is 19.1 Å². The van der Waals surface area contributed by atoms with Crippen LogP contribution in [0.3, 0.4) is 0 Å². The van der Waals surface area contributed by atoms with Crippen LogP contribution in [0.15, 0.2) is 11.4 Å². The molecule has 2 N–H and O–H groups in total. The molecule has 0 aromatic carbocycles. The molecule has 1 aliphatic heterocycles. The Hall–Kier alpha value is -1.11. The summed E-state index contributed by atoms with van der Waals surface area (Å²) in [5.74, 6) is 0.532. The van der Waals surface area contributed by atoms with Gasteiger partial charge in [-0.05, 0) is 11.4 Å². The van der Waals surface area contributed by atoms with Crippen LogP contribution in [0.2, 0.25) is 0 Å². The van der Waals surface area contributed by atoms with Gasteiger partial charge >= 0.3 is 0 Å². The van der Waals surface area contributed by atoms with E-state index in [1.165, 1.54) is 11.3 Å². The molecule has 1 amide bonds. The molecule has 94 valence electrons. The smallest absolute Gasteiger partial charge is 0.265 e. The first-order valence-electron chi connectivity index (χ1n) is 5.52. The molecular formula is C11H16N2O3S. The average molecular weight is 256 g/mol. The second kappa shape index (κ2) is 6.00. The number of carbonyl (C=O) groups is 1. The Morgan fingerprint density at radius 1 is 1.76 bits per heavy atom. The third-order valence-electron chi connectivity index (χ3n) is 2.56. The maximum Gasteiger partial charge on any atom is 0.265 e. The molecule has 1 aliphatic rings. The molecule has 0 spiro atoms. The van der Waals surface area contributed by atoms with Gasteiger partial charge in [-0.15, -0.1) is 11.3 Å². The highest BCUT2D eigenvalue weighted by Crippen LogP contribution is 2.23. The van der Waals surface area contributed by atoms with Gasteiger partial charge in [0.2, 0.25) is 0 Å². The van der Waals surface area contributed by atoms with Crippen LogP contribution in [-0.2, 0) is 4.74 Å². The Labute approximate surface area is 104 Å². The van der Waals surface area contributed by atoms with E-state index >= 15 is 0 Å². The zero-order valence-corrected chi connectivity index (χ0v) is 10.5. The standard InChI is InChI=1S/C11H16N2O3S/c1-15-9-2-5-17-10(9)11(14)13-6-8-7-16-4-3-12-8/h2,5,8,12H,3-4,6-7H2,1H3,(H,13,14). The Bertz CT molecular complexity index is 375. The molecular weight excluding hydrogens is 240 g/mol. The molecule has 6 heteroatoms. The van der Waals surface area contributed by atoms with Crippen LogP contribution in [0, 0.1) is 0 Å². The van der Waals surface area contributed by atoms with Crippen LogP contribution in [0.4, 0.5) is 0 Å². The number of rotatable bonds is 4. The Kier molecular flexibility index (Phi) is 4.36. The lowest BCUT2D eigenvalue weighted by atomic mass is 10.2. The summed E-state index contributed by atoms with van der Waals surface area (Å²) in [6, 6.07) is 1.99. The lowest BCUT2D eigenvalue weighted by molar-refractivity contribution is 0.0735. The normalized spacial score (nSPS) is 19.9. The van der Waals surface area contributed by atoms with E-state index < -0.39 is 0 Å². The fourth-order valence-corrected chi connectivity index (χ4v) is 2.45. The molecule has 1 saturated heterocycles. The third-order valence-corrected chi connectivity index (χ3v) is 3.46. The summed E-state index contributed by atoms with van der Waals surface area (Å²) in [6.45, 7) is 2.79. The van der Waals surface area contributed by atoms with Crippen molar-refractivity contribution < 1.29 is 14.3 Å². The van der Waals surface area contributed by atoms with Gasteiger partial charge in [0.05, 0.1) is 20.3 Å². The van der Waals surface area contributed by atoms with Crippen molar-refractivity contribution in [2.75, 3.05) is 33.4 Å². The molecule has 0 aliphatic carbocycles. The summed E-state index contributed by atoms with van der Waals surface area (Å²) >= 11 is 1.38. The molecule has 0 radical (unpaired) electrons. The minimum Gasteiger partial charge on any atom is -0.495 e. The molecule has 0 saturated carbocycles. The van der Waals surface area contributed by atoms with E-state index in [2.05, 4.69) is 10.6 Å². The number of methoxy groups -OCH3 is 1. The number of carbonyl (C=O) groups excluding carboxylic acids is 1. The Morgan fingerprint density at radius 3 is 3.35 bits per heavy atom. The van der Waals surface area contributed by atoms with Gasteiger partial charge in [-0.1, -0.05) is 0 Å². The number of morpholine rings is 1. The SMILES string of the molecule is COc1ccsc1C(=O)NCC1COCCN1. The molecule has 2 heterocycles. The maximum absolute atomic E-state index is 11.9. The molecule has 5 nitrogen and oxygen atoms in total. The van der Waals surface area contributed by atoms with E-state index in [0.717, 1.165) is 13.2 Å². The summed E-state index contributed by atoms with van der Waals surface area (Å²) in [5.41, 5.74) is 0. The quantitative estimate of drug-likeness (QED) is 0.822. The zero-order chi connectivity index (χ0) is 12.1. The van der Waals surface area contributed by atoms with Crippen molar-refractivity contribution >= 4 is 17.2 Å². The molecule has 1 fully saturated rings. The van der Waals surface area contributed by atoms with E-state index in [1.807, 2.05) is 5.38 Å². The van der Waals surface area contributed by atoms with Gasteiger partial charge in [-0.25, -0.2) is 0 Å². The van der Waals surface area contributed by atoms with Gasteiger partial charge in [-0.2, -0.15) is 0 Å². The maximum atomic E-state index is 11.9. The summed E-state index contributed by atoms with van der Waals surface area (Å²) in [4.78, 5) is 12.5. The van der Waals surface area contributed by atoms with Crippen molar-refractivity contribution in [3.05, 3.63) is 16.3 Å². The first kappa shape index (κ1) is 12.3. The number of amides is 1. The minimum absolute atomic E-state index is 0.0933. The van der Waals surface area contributed by atoms with Gasteiger partial charge < -0.3 is 20.1 Å². The predicted molar refractivity (Wildman–Crippen MR) is 65.8 cm³/mol. The fourth-order valence-electron chi connectivity index (χ4n) is 1.67. The summed E-state index contributed by atoms with van der Waals surface area (Å²) in [7, 11) is 1.56. The third kappa shape index (κ3) is 3.18. The van der Waals surface area contributed by atoms with Crippen LogP contribution in [0.5, 0.6) is 5.75 Å². The van der Waals surface area contributed by atoms with Crippen LogP contribution < -0.4 is 15.4 Å². The van der Waals surface area contributed by atoms with E-state index in [1.54, 1.807) is 13.2 Å². The first-order chi connectivity index (χ1) is 8.31. The average Bonchev–Trinajstić information content (AvgIpc) is 2.85. The van der Waals surface area contributed by atoms with Crippen molar-refractivity contribution in [1.82, 2.24) is 10.6 Å². The Balaban J connectivity index is 1.84. The van der Waals surface area contributed by atoms with E-state index in [0.29, 0.717) is 23.8 Å².